The predicted molar refractivity (Wildman–Crippen MR) is 153 cm³/mol. The maximum atomic E-state index is 10.5. The van der Waals surface area contributed by atoms with Crippen molar-refractivity contribution in [3.63, 3.8) is 0 Å². The van der Waals surface area contributed by atoms with Gasteiger partial charge in [-0.05, 0) is 64.2 Å². The minimum absolute atomic E-state index is 0.103. The smallest absolute Gasteiger partial charge is 0.0726 e. The van der Waals surface area contributed by atoms with Crippen molar-refractivity contribution in [2.75, 3.05) is 24.6 Å². The summed E-state index contributed by atoms with van der Waals surface area (Å²) >= 11 is 0. The minimum atomic E-state index is -1.26. The lowest BCUT2D eigenvalue weighted by atomic mass is 10.3. The van der Waals surface area contributed by atoms with E-state index in [4.69, 9.17) is 0 Å². The van der Waals surface area contributed by atoms with Crippen LogP contribution in [0.5, 0.6) is 0 Å². The van der Waals surface area contributed by atoms with Gasteiger partial charge in [-0.2, -0.15) is 0 Å². The van der Waals surface area contributed by atoms with Crippen LogP contribution in [0.4, 0.5) is 0 Å². The minimum Gasteiger partial charge on any atom is -0.393 e. The first kappa shape index (κ1) is 28.7. The fourth-order valence-electron chi connectivity index (χ4n) is 9.38. The number of aliphatic hydroxyl groups excluding tert-OH is 4. The molecule has 0 saturated heterocycles. The van der Waals surface area contributed by atoms with Crippen molar-refractivity contribution in [3.8, 4) is 0 Å². The summed E-state index contributed by atoms with van der Waals surface area (Å²) in [5, 5.41) is 42.1. The van der Waals surface area contributed by atoms with Gasteiger partial charge in [0.1, 0.15) is 0 Å². The molecule has 4 fully saturated rings. The molecule has 4 nitrogen and oxygen atoms in total. The monoisotopic (exact) mass is 530 g/mol. The molecule has 4 saturated carbocycles. The molecule has 0 spiro atoms. The van der Waals surface area contributed by atoms with Crippen molar-refractivity contribution < 1.29 is 20.4 Å². The van der Waals surface area contributed by atoms with Crippen molar-refractivity contribution in [3.05, 3.63) is 0 Å². The molecule has 0 aromatic heterocycles. The van der Waals surface area contributed by atoms with Crippen LogP contribution < -0.4 is 0 Å². The van der Waals surface area contributed by atoms with Crippen LogP contribution in [0.25, 0.3) is 0 Å². The van der Waals surface area contributed by atoms with Crippen molar-refractivity contribution in [2.24, 2.45) is 0 Å². The van der Waals surface area contributed by atoms with Crippen molar-refractivity contribution in [1.82, 2.24) is 0 Å². The highest BCUT2D eigenvalue weighted by atomic mass is 31.2. The lowest BCUT2D eigenvalue weighted by molar-refractivity contribution is 0.182. The molecule has 0 bridgehead atoms. The molecule has 35 heavy (non-hydrogen) atoms. The first-order valence-corrected chi connectivity index (χ1v) is 19.9. The Morgan fingerprint density at radius 1 is 0.457 bits per heavy atom. The molecule has 0 radical (unpaired) electrons. The molecule has 8 atom stereocenters. The molecule has 0 aromatic carbocycles. The van der Waals surface area contributed by atoms with E-state index in [0.717, 1.165) is 51.4 Å². The Morgan fingerprint density at radius 3 is 0.943 bits per heavy atom. The largest absolute Gasteiger partial charge is 0.393 e. The zero-order valence-electron chi connectivity index (χ0n) is 22.7. The van der Waals surface area contributed by atoms with Gasteiger partial charge in [0.05, 0.1) is 71.7 Å². The van der Waals surface area contributed by atoms with E-state index in [-0.39, 0.29) is 24.4 Å². The molecule has 8 unspecified atom stereocenters. The second-order valence-electron chi connectivity index (χ2n) is 12.9. The molecule has 4 aliphatic rings. The summed E-state index contributed by atoms with van der Waals surface area (Å²) in [4.78, 5) is 0. The van der Waals surface area contributed by atoms with E-state index in [1.54, 1.807) is 0 Å². The summed E-state index contributed by atoms with van der Waals surface area (Å²) in [6.07, 6.45) is 21.7. The average Bonchev–Trinajstić information content (AvgIpc) is 3.62. The van der Waals surface area contributed by atoms with Crippen molar-refractivity contribution in [2.45, 2.75) is 157 Å². The third-order valence-electron chi connectivity index (χ3n) is 10.8. The molecule has 4 N–H and O–H groups in total. The van der Waals surface area contributed by atoms with Crippen molar-refractivity contribution >= 4 is 14.5 Å². The van der Waals surface area contributed by atoms with Gasteiger partial charge in [-0.25, -0.2) is 0 Å². The maximum absolute atomic E-state index is 10.5. The standard InChI is InChI=1S/C29H56O4P2/c1-3-14-34(26-10-6-22(30)18-26,27-11-7-23(31)19-27)16-5-17-35(15-4-2,28-12-8-24(32)20-28)29-13-9-25(33)21-29/h22-33H,3-21H2,1-2H3/q+2. The summed E-state index contributed by atoms with van der Waals surface area (Å²) in [6.45, 7) is 4.72. The third kappa shape index (κ3) is 6.31. The average molecular weight is 531 g/mol. The highest BCUT2D eigenvalue weighted by molar-refractivity contribution is 7.78. The Bertz CT molecular complexity index is 567. The SMILES string of the molecule is CCC[P+](CCC[P+](CCC)(C1CCC(O)C1)C1CCC(O)C1)(C1CCC(O)C1)C1CCC(O)C1. The molecule has 0 amide bonds. The van der Waals surface area contributed by atoms with Crippen molar-refractivity contribution in [1.29, 1.82) is 0 Å². The molecule has 4 rings (SSSR count). The molecule has 4 aliphatic carbocycles. The van der Waals surface area contributed by atoms with Gasteiger partial charge >= 0.3 is 0 Å². The molecular formula is C29H56O4P2+2. The molecule has 0 aromatic rings. The Labute approximate surface area is 216 Å². The van der Waals surface area contributed by atoms with Crippen LogP contribution in [0.3, 0.4) is 0 Å². The van der Waals surface area contributed by atoms with Gasteiger partial charge in [-0.1, -0.05) is 13.8 Å². The Kier molecular flexibility index (Phi) is 10.4. The number of aliphatic hydroxyl groups is 4. The van der Waals surface area contributed by atoms with E-state index < -0.39 is 14.5 Å². The van der Waals surface area contributed by atoms with E-state index in [9.17, 15) is 20.4 Å². The summed E-state index contributed by atoms with van der Waals surface area (Å²) in [7, 11) is -2.52. The van der Waals surface area contributed by atoms with Gasteiger partial charge < -0.3 is 20.4 Å². The van der Waals surface area contributed by atoms with Gasteiger partial charge in [0.25, 0.3) is 0 Å². The summed E-state index contributed by atoms with van der Waals surface area (Å²) in [5.74, 6) is 0. The van der Waals surface area contributed by atoms with E-state index in [1.165, 1.54) is 69.6 Å². The van der Waals surface area contributed by atoms with E-state index >= 15 is 0 Å². The van der Waals surface area contributed by atoms with E-state index in [1.807, 2.05) is 0 Å². The molecule has 6 heteroatoms. The highest BCUT2D eigenvalue weighted by Crippen LogP contribution is 2.77. The van der Waals surface area contributed by atoms with Crippen LogP contribution in [0, 0.1) is 0 Å². The van der Waals surface area contributed by atoms with E-state index in [2.05, 4.69) is 13.8 Å². The third-order valence-corrected chi connectivity index (χ3v) is 23.4. The molecule has 0 aliphatic heterocycles. The fraction of sp³-hybridized carbons (Fsp3) is 1.00. The first-order chi connectivity index (χ1) is 16.8. The van der Waals surface area contributed by atoms with Crippen LogP contribution in [0.15, 0.2) is 0 Å². The van der Waals surface area contributed by atoms with Crippen LogP contribution in [0.2, 0.25) is 0 Å². The number of hydrogen-bond donors (Lipinski definition) is 4. The van der Waals surface area contributed by atoms with Crippen LogP contribution in [-0.2, 0) is 0 Å². The predicted octanol–water partition coefficient (Wildman–Crippen LogP) is 5.89. The fourth-order valence-corrected chi connectivity index (χ4v) is 22.7. The first-order valence-electron chi connectivity index (χ1n) is 15.3. The van der Waals surface area contributed by atoms with Crippen LogP contribution >= 0.6 is 14.5 Å². The Morgan fingerprint density at radius 2 is 0.743 bits per heavy atom. The van der Waals surface area contributed by atoms with E-state index in [0.29, 0.717) is 22.6 Å². The van der Waals surface area contributed by atoms with Crippen LogP contribution in [0.1, 0.15) is 110 Å². The van der Waals surface area contributed by atoms with Crippen LogP contribution in [-0.4, -0.2) is 92.1 Å². The highest BCUT2D eigenvalue weighted by Gasteiger charge is 2.58. The van der Waals surface area contributed by atoms with Gasteiger partial charge in [0.15, 0.2) is 0 Å². The van der Waals surface area contributed by atoms with Gasteiger partial charge in [-0.3, -0.25) is 0 Å². The summed E-state index contributed by atoms with van der Waals surface area (Å²) in [6, 6.07) is 0. The molecule has 0 heterocycles. The number of hydrogen-bond acceptors (Lipinski definition) is 4. The molecular weight excluding hydrogens is 474 g/mol. The maximum Gasteiger partial charge on any atom is 0.0726 e. The second kappa shape index (κ2) is 12.7. The molecule has 204 valence electrons. The summed E-state index contributed by atoms with van der Waals surface area (Å²) < 4.78 is 0. The normalized spacial score (nSPS) is 41.3. The lowest BCUT2D eigenvalue weighted by Gasteiger charge is -2.41. The van der Waals surface area contributed by atoms with Gasteiger partial charge in [0.2, 0.25) is 0 Å². The summed E-state index contributed by atoms with van der Waals surface area (Å²) in [5.41, 5.74) is 2.86. The second-order valence-corrected chi connectivity index (χ2v) is 22.1. The lowest BCUT2D eigenvalue weighted by Crippen LogP contribution is -2.30. The zero-order chi connectivity index (χ0) is 25.1. The topological polar surface area (TPSA) is 80.9 Å². The van der Waals surface area contributed by atoms with Gasteiger partial charge in [0, 0.05) is 46.6 Å². The Hall–Kier alpha value is 0.700. The number of rotatable bonds is 12. The van der Waals surface area contributed by atoms with Gasteiger partial charge in [-0.15, -0.1) is 0 Å². The zero-order valence-corrected chi connectivity index (χ0v) is 24.5. The quantitative estimate of drug-likeness (QED) is 0.237. The Balaban J connectivity index is 1.57.